The Bertz CT molecular complexity index is 341. The zero-order chi connectivity index (χ0) is 13.7. The third kappa shape index (κ3) is 5.03. The summed E-state index contributed by atoms with van der Waals surface area (Å²) in [5.74, 6) is -1.01. The summed E-state index contributed by atoms with van der Waals surface area (Å²) in [5, 5.41) is 13.6. The highest BCUT2D eigenvalue weighted by molar-refractivity contribution is 5.87. The van der Waals surface area contributed by atoms with Gasteiger partial charge in [-0.05, 0) is 24.7 Å². The molecule has 5 N–H and O–H groups in total. The van der Waals surface area contributed by atoms with Crippen LogP contribution in [0.3, 0.4) is 0 Å². The van der Waals surface area contributed by atoms with E-state index in [0.717, 1.165) is 0 Å². The molecule has 18 heavy (non-hydrogen) atoms. The molecule has 0 saturated heterocycles. The second-order valence-electron chi connectivity index (χ2n) is 4.73. The number of primary amides is 1. The van der Waals surface area contributed by atoms with Crippen molar-refractivity contribution in [2.75, 3.05) is 6.54 Å². The Hall–Kier alpha value is -1.79. The SMILES string of the molecule is CC(CNC(=O)NC(CC(N)=O)C(=O)O)C1CC1. The number of urea groups is 1. The van der Waals surface area contributed by atoms with Crippen LogP contribution in [0.1, 0.15) is 26.2 Å². The van der Waals surface area contributed by atoms with E-state index in [9.17, 15) is 14.4 Å². The van der Waals surface area contributed by atoms with Crippen molar-refractivity contribution >= 4 is 17.9 Å². The zero-order valence-electron chi connectivity index (χ0n) is 10.3. The number of rotatable bonds is 7. The minimum atomic E-state index is -1.28. The summed E-state index contributed by atoms with van der Waals surface area (Å²) in [6, 6.07) is -1.87. The quantitative estimate of drug-likeness (QED) is 0.498. The maximum Gasteiger partial charge on any atom is 0.326 e. The standard InChI is InChI=1S/C11H19N3O4/c1-6(7-2-3-7)5-13-11(18)14-8(10(16)17)4-9(12)15/h6-8H,2-5H2,1H3,(H2,12,15)(H,16,17)(H2,13,14,18). The van der Waals surface area contributed by atoms with E-state index in [0.29, 0.717) is 18.4 Å². The van der Waals surface area contributed by atoms with Crippen LogP contribution in [0.4, 0.5) is 4.79 Å². The lowest BCUT2D eigenvalue weighted by Crippen LogP contribution is -2.48. The van der Waals surface area contributed by atoms with E-state index < -0.39 is 30.4 Å². The summed E-state index contributed by atoms with van der Waals surface area (Å²) in [6.45, 7) is 2.54. The molecule has 0 aromatic rings. The van der Waals surface area contributed by atoms with E-state index in [1.165, 1.54) is 12.8 Å². The molecule has 102 valence electrons. The van der Waals surface area contributed by atoms with Crippen LogP contribution in [0, 0.1) is 11.8 Å². The number of carbonyl (C=O) groups is 3. The maximum absolute atomic E-state index is 11.4. The van der Waals surface area contributed by atoms with Crippen LogP contribution >= 0.6 is 0 Å². The number of hydrogen-bond donors (Lipinski definition) is 4. The number of carboxylic acid groups (broad SMARTS) is 1. The third-order valence-corrected chi connectivity index (χ3v) is 3.02. The lowest BCUT2D eigenvalue weighted by atomic mass is 10.1. The summed E-state index contributed by atoms with van der Waals surface area (Å²) < 4.78 is 0. The van der Waals surface area contributed by atoms with Gasteiger partial charge in [0.2, 0.25) is 5.91 Å². The van der Waals surface area contributed by atoms with Gasteiger partial charge in [0.25, 0.3) is 0 Å². The first-order valence-corrected chi connectivity index (χ1v) is 5.95. The van der Waals surface area contributed by atoms with Gasteiger partial charge in [0.1, 0.15) is 6.04 Å². The van der Waals surface area contributed by atoms with Crippen LogP contribution in [0.25, 0.3) is 0 Å². The molecule has 0 aliphatic heterocycles. The Balaban J connectivity index is 2.31. The van der Waals surface area contributed by atoms with Gasteiger partial charge in [-0.25, -0.2) is 9.59 Å². The molecule has 3 amide bonds. The first-order valence-electron chi connectivity index (χ1n) is 5.95. The van der Waals surface area contributed by atoms with Crippen LogP contribution in [0.2, 0.25) is 0 Å². The van der Waals surface area contributed by atoms with Crippen molar-refractivity contribution in [3.8, 4) is 0 Å². The maximum atomic E-state index is 11.4. The predicted molar refractivity (Wildman–Crippen MR) is 63.7 cm³/mol. The molecule has 7 heteroatoms. The highest BCUT2D eigenvalue weighted by Gasteiger charge is 2.28. The minimum absolute atomic E-state index is 0.384. The van der Waals surface area contributed by atoms with Crippen LogP contribution in [-0.2, 0) is 9.59 Å². The number of aliphatic carboxylic acids is 1. The molecular weight excluding hydrogens is 238 g/mol. The second-order valence-corrected chi connectivity index (χ2v) is 4.73. The fourth-order valence-corrected chi connectivity index (χ4v) is 1.70. The Morgan fingerprint density at radius 3 is 2.44 bits per heavy atom. The van der Waals surface area contributed by atoms with Gasteiger partial charge >= 0.3 is 12.0 Å². The topological polar surface area (TPSA) is 122 Å². The van der Waals surface area contributed by atoms with Crippen molar-refractivity contribution < 1.29 is 19.5 Å². The Morgan fingerprint density at radius 2 is 2.00 bits per heavy atom. The number of carbonyl (C=O) groups excluding carboxylic acids is 2. The summed E-state index contributed by atoms with van der Waals surface area (Å²) in [6.07, 6.45) is 1.95. The summed E-state index contributed by atoms with van der Waals surface area (Å²) in [7, 11) is 0. The largest absolute Gasteiger partial charge is 0.480 e. The molecule has 0 heterocycles. The lowest BCUT2D eigenvalue weighted by Gasteiger charge is -2.15. The van der Waals surface area contributed by atoms with Gasteiger partial charge < -0.3 is 21.5 Å². The van der Waals surface area contributed by atoms with E-state index in [4.69, 9.17) is 10.8 Å². The van der Waals surface area contributed by atoms with Gasteiger partial charge in [0.05, 0.1) is 6.42 Å². The molecule has 1 saturated carbocycles. The molecule has 0 aromatic carbocycles. The predicted octanol–water partition coefficient (Wildman–Crippen LogP) is -0.340. The summed E-state index contributed by atoms with van der Waals surface area (Å²) in [5.41, 5.74) is 4.90. The number of nitrogens with two attached hydrogens (primary N) is 1. The molecule has 1 aliphatic carbocycles. The zero-order valence-corrected chi connectivity index (χ0v) is 10.3. The highest BCUT2D eigenvalue weighted by atomic mass is 16.4. The van der Waals surface area contributed by atoms with E-state index >= 15 is 0 Å². The van der Waals surface area contributed by atoms with Gasteiger partial charge in [-0.3, -0.25) is 4.79 Å². The van der Waals surface area contributed by atoms with E-state index in [1.807, 2.05) is 6.92 Å². The first kappa shape index (κ1) is 14.3. The van der Waals surface area contributed by atoms with Crippen LogP contribution in [-0.4, -0.2) is 35.6 Å². The fourth-order valence-electron chi connectivity index (χ4n) is 1.70. The molecule has 0 spiro atoms. The van der Waals surface area contributed by atoms with Crippen LogP contribution in [0.15, 0.2) is 0 Å². The molecule has 0 bridgehead atoms. The first-order chi connectivity index (χ1) is 8.40. The Morgan fingerprint density at radius 1 is 1.39 bits per heavy atom. The van der Waals surface area contributed by atoms with Crippen molar-refractivity contribution in [1.82, 2.24) is 10.6 Å². The summed E-state index contributed by atoms with van der Waals surface area (Å²) in [4.78, 5) is 32.9. The van der Waals surface area contributed by atoms with Crippen molar-refractivity contribution in [2.24, 2.45) is 17.6 Å². The number of amides is 3. The molecular formula is C11H19N3O4. The van der Waals surface area contributed by atoms with Gasteiger partial charge in [0, 0.05) is 6.54 Å². The van der Waals surface area contributed by atoms with Crippen molar-refractivity contribution in [3.05, 3.63) is 0 Å². The monoisotopic (exact) mass is 257 g/mol. The van der Waals surface area contributed by atoms with Gasteiger partial charge in [-0.2, -0.15) is 0 Å². The number of hydrogen-bond acceptors (Lipinski definition) is 3. The number of nitrogens with one attached hydrogen (secondary N) is 2. The molecule has 1 fully saturated rings. The van der Waals surface area contributed by atoms with Crippen molar-refractivity contribution in [1.29, 1.82) is 0 Å². The molecule has 7 nitrogen and oxygen atoms in total. The molecule has 1 rings (SSSR count). The highest BCUT2D eigenvalue weighted by Crippen LogP contribution is 2.35. The van der Waals surface area contributed by atoms with Crippen molar-refractivity contribution in [2.45, 2.75) is 32.2 Å². The average Bonchev–Trinajstić information content (AvgIpc) is 3.07. The van der Waals surface area contributed by atoms with Gasteiger partial charge in [0.15, 0.2) is 0 Å². The smallest absolute Gasteiger partial charge is 0.326 e. The van der Waals surface area contributed by atoms with Crippen LogP contribution in [0.5, 0.6) is 0 Å². The van der Waals surface area contributed by atoms with Gasteiger partial charge in [-0.15, -0.1) is 0 Å². The van der Waals surface area contributed by atoms with E-state index in [-0.39, 0.29) is 0 Å². The fraction of sp³-hybridized carbons (Fsp3) is 0.727. The molecule has 0 radical (unpaired) electrons. The summed E-state index contributed by atoms with van der Waals surface area (Å²) >= 11 is 0. The van der Waals surface area contributed by atoms with E-state index in [1.54, 1.807) is 0 Å². The van der Waals surface area contributed by atoms with Crippen molar-refractivity contribution in [3.63, 3.8) is 0 Å². The van der Waals surface area contributed by atoms with Gasteiger partial charge in [-0.1, -0.05) is 6.92 Å². The van der Waals surface area contributed by atoms with Crippen LogP contribution < -0.4 is 16.4 Å². The van der Waals surface area contributed by atoms with E-state index in [2.05, 4.69) is 10.6 Å². The minimum Gasteiger partial charge on any atom is -0.480 e. The average molecular weight is 257 g/mol. The Kier molecular flexibility index (Phi) is 4.94. The molecule has 2 atom stereocenters. The third-order valence-electron chi connectivity index (χ3n) is 3.02. The molecule has 1 aliphatic rings. The number of carboxylic acids is 1. The normalized spacial score (nSPS) is 17.6. The molecule has 0 aromatic heterocycles. The second kappa shape index (κ2) is 6.23. The lowest BCUT2D eigenvalue weighted by molar-refractivity contribution is -0.140. The Labute approximate surface area is 105 Å². The molecule has 2 unspecified atom stereocenters.